The summed E-state index contributed by atoms with van der Waals surface area (Å²) in [5, 5.41) is 24.3. The minimum absolute atomic E-state index is 0.145. The molecule has 0 saturated carbocycles. The van der Waals surface area contributed by atoms with Crippen LogP contribution in [0.3, 0.4) is 0 Å². The van der Waals surface area contributed by atoms with Crippen molar-refractivity contribution in [2.75, 3.05) is 6.54 Å². The summed E-state index contributed by atoms with van der Waals surface area (Å²) in [6.07, 6.45) is 4.24. The first-order valence-corrected chi connectivity index (χ1v) is 12.7. The number of carbonyl (C=O) groups is 4. The number of hydrogen-bond donors (Lipinski definition) is 6. The predicted octanol–water partition coefficient (Wildman–Crippen LogP) is 3.10. The molecule has 0 aliphatic heterocycles. The maximum absolute atomic E-state index is 12.5. The van der Waals surface area contributed by atoms with E-state index < -0.39 is 17.9 Å². The molecule has 0 saturated heterocycles. The van der Waals surface area contributed by atoms with Crippen LogP contribution in [0, 0.1) is 0 Å². The molecule has 38 heavy (non-hydrogen) atoms. The Kier molecular flexibility index (Phi) is 10.9. The normalized spacial score (nSPS) is 11.6. The Labute approximate surface area is 220 Å². The van der Waals surface area contributed by atoms with Crippen LogP contribution < -0.4 is 16.1 Å². The molecule has 0 fully saturated rings. The van der Waals surface area contributed by atoms with E-state index in [1.807, 2.05) is 48.5 Å². The van der Waals surface area contributed by atoms with E-state index in [2.05, 4.69) is 15.6 Å². The van der Waals surface area contributed by atoms with Crippen molar-refractivity contribution in [3.63, 3.8) is 0 Å². The number of hydrogen-bond acceptors (Lipinski definition) is 5. The van der Waals surface area contributed by atoms with Gasteiger partial charge in [-0.25, -0.2) is 10.3 Å². The number of aliphatic carboxylic acids is 1. The average Bonchev–Trinajstić information content (AvgIpc) is 3.35. The number of nitrogens with one attached hydrogen (secondary N) is 4. The van der Waals surface area contributed by atoms with Crippen LogP contribution in [0.1, 0.15) is 60.1 Å². The Morgan fingerprint density at radius 3 is 2.34 bits per heavy atom. The minimum Gasteiger partial charge on any atom is -0.480 e. The molecule has 0 aliphatic rings. The van der Waals surface area contributed by atoms with Gasteiger partial charge in [-0.3, -0.25) is 19.6 Å². The zero-order valence-electron chi connectivity index (χ0n) is 21.2. The van der Waals surface area contributed by atoms with E-state index in [4.69, 9.17) is 5.21 Å². The molecular weight excluding hydrogens is 488 g/mol. The van der Waals surface area contributed by atoms with E-state index in [1.165, 1.54) is 0 Å². The molecule has 1 heterocycles. The van der Waals surface area contributed by atoms with Gasteiger partial charge in [0.15, 0.2) is 0 Å². The Morgan fingerprint density at radius 2 is 1.61 bits per heavy atom. The number of rotatable bonds is 15. The maximum atomic E-state index is 12.5. The Bertz CT molecular complexity index is 1240. The summed E-state index contributed by atoms with van der Waals surface area (Å²) in [7, 11) is 0. The number of benzene rings is 2. The summed E-state index contributed by atoms with van der Waals surface area (Å²) < 4.78 is 0. The number of hydroxylamine groups is 1. The van der Waals surface area contributed by atoms with Gasteiger partial charge in [-0.2, -0.15) is 0 Å². The Hall–Kier alpha value is -4.18. The maximum Gasteiger partial charge on any atom is 0.326 e. The molecule has 1 atom stereocenters. The smallest absolute Gasteiger partial charge is 0.326 e. The molecule has 202 valence electrons. The number of amides is 3. The number of aromatic nitrogens is 1. The predicted molar refractivity (Wildman–Crippen MR) is 142 cm³/mol. The first-order valence-electron chi connectivity index (χ1n) is 12.7. The van der Waals surface area contributed by atoms with Crippen LogP contribution in [0.15, 0.2) is 54.6 Å². The molecule has 3 amide bonds. The number of carboxylic acid groups (broad SMARTS) is 1. The van der Waals surface area contributed by atoms with Crippen molar-refractivity contribution in [3.05, 3.63) is 71.4 Å². The minimum atomic E-state index is -1.08. The van der Waals surface area contributed by atoms with Crippen molar-refractivity contribution < 1.29 is 29.5 Å². The van der Waals surface area contributed by atoms with Gasteiger partial charge in [0, 0.05) is 36.7 Å². The third-order valence-electron chi connectivity index (χ3n) is 6.23. The SMILES string of the molecule is O=C(CCCCCCNC(=O)c1cc2cc(CCC(=O)N[C@@H](Cc3ccccc3)C(=O)O)ccc2[nH]1)NO. The van der Waals surface area contributed by atoms with Gasteiger partial charge in [0.05, 0.1) is 0 Å². The highest BCUT2D eigenvalue weighted by Crippen LogP contribution is 2.18. The molecule has 0 unspecified atom stereocenters. The highest BCUT2D eigenvalue weighted by atomic mass is 16.5. The highest BCUT2D eigenvalue weighted by Gasteiger charge is 2.20. The number of aromatic amines is 1. The fraction of sp³-hybridized carbons (Fsp3) is 0.357. The second-order valence-electron chi connectivity index (χ2n) is 9.21. The number of H-pyrrole nitrogens is 1. The highest BCUT2D eigenvalue weighted by molar-refractivity contribution is 5.98. The molecule has 10 heteroatoms. The van der Waals surface area contributed by atoms with Crippen LogP contribution in [-0.4, -0.2) is 51.6 Å². The van der Waals surface area contributed by atoms with E-state index in [1.54, 1.807) is 11.5 Å². The molecule has 10 nitrogen and oxygen atoms in total. The van der Waals surface area contributed by atoms with Crippen molar-refractivity contribution in [2.24, 2.45) is 0 Å². The van der Waals surface area contributed by atoms with Crippen molar-refractivity contribution in [1.29, 1.82) is 0 Å². The van der Waals surface area contributed by atoms with E-state index in [9.17, 15) is 24.3 Å². The first kappa shape index (κ1) is 28.4. The zero-order valence-corrected chi connectivity index (χ0v) is 21.2. The van der Waals surface area contributed by atoms with Crippen molar-refractivity contribution in [1.82, 2.24) is 21.1 Å². The lowest BCUT2D eigenvalue weighted by atomic mass is 10.0. The van der Waals surface area contributed by atoms with Gasteiger partial charge in [-0.1, -0.05) is 49.2 Å². The molecule has 0 spiro atoms. The molecule has 0 aliphatic carbocycles. The summed E-state index contributed by atoms with van der Waals surface area (Å²) in [6.45, 7) is 0.516. The van der Waals surface area contributed by atoms with Gasteiger partial charge in [-0.05, 0) is 48.6 Å². The average molecular weight is 523 g/mol. The number of carbonyl (C=O) groups excluding carboxylic acids is 3. The van der Waals surface area contributed by atoms with Crippen LogP contribution >= 0.6 is 0 Å². The number of fused-ring (bicyclic) bond motifs is 1. The fourth-order valence-corrected chi connectivity index (χ4v) is 4.15. The standard InChI is InChI=1S/C28H34N4O6/c33-25(31-24(28(36)37)17-19-8-4-3-5-9-19)14-12-20-11-13-22-21(16-20)18-23(30-22)27(35)29-15-7-2-1-6-10-26(34)32-38/h3-5,8-9,11,13,16,18,24,30,38H,1-2,6-7,10,12,14-15,17H2,(H,29,35)(H,31,33)(H,32,34)(H,36,37)/t24-/m0/s1. The Balaban J connectivity index is 1.44. The molecule has 3 aromatic rings. The van der Waals surface area contributed by atoms with Crippen LogP contribution in [0.5, 0.6) is 0 Å². The van der Waals surface area contributed by atoms with Gasteiger partial charge >= 0.3 is 5.97 Å². The van der Waals surface area contributed by atoms with Gasteiger partial charge in [0.2, 0.25) is 11.8 Å². The van der Waals surface area contributed by atoms with E-state index in [0.717, 1.165) is 41.3 Å². The molecule has 1 aromatic heterocycles. The van der Waals surface area contributed by atoms with Crippen molar-refractivity contribution in [2.45, 2.75) is 57.4 Å². The van der Waals surface area contributed by atoms with E-state index in [0.29, 0.717) is 25.1 Å². The third kappa shape index (κ3) is 9.04. The first-order chi connectivity index (χ1) is 18.4. The summed E-state index contributed by atoms with van der Waals surface area (Å²) in [5.41, 5.74) is 4.60. The second kappa shape index (κ2) is 14.5. The quantitative estimate of drug-likeness (QED) is 0.102. The van der Waals surface area contributed by atoms with Crippen molar-refractivity contribution >= 4 is 34.6 Å². The van der Waals surface area contributed by atoms with Crippen LogP contribution in [0.4, 0.5) is 0 Å². The second-order valence-corrected chi connectivity index (χ2v) is 9.21. The summed E-state index contributed by atoms with van der Waals surface area (Å²) in [6, 6.07) is 15.6. The molecule has 3 rings (SSSR count). The van der Waals surface area contributed by atoms with Crippen LogP contribution in [0.2, 0.25) is 0 Å². The van der Waals surface area contributed by atoms with Crippen molar-refractivity contribution in [3.8, 4) is 0 Å². The molecule has 0 radical (unpaired) electrons. The summed E-state index contributed by atoms with van der Waals surface area (Å²) in [5.74, 6) is -2.01. The van der Waals surface area contributed by atoms with Gasteiger partial charge < -0.3 is 20.7 Å². The van der Waals surface area contributed by atoms with Crippen LogP contribution in [-0.2, 0) is 27.2 Å². The summed E-state index contributed by atoms with van der Waals surface area (Å²) >= 11 is 0. The molecule has 0 bridgehead atoms. The lowest BCUT2D eigenvalue weighted by molar-refractivity contribution is -0.141. The molecule has 2 aromatic carbocycles. The van der Waals surface area contributed by atoms with Gasteiger partial charge in [0.25, 0.3) is 5.91 Å². The summed E-state index contributed by atoms with van der Waals surface area (Å²) in [4.78, 5) is 50.6. The lowest BCUT2D eigenvalue weighted by Gasteiger charge is -2.14. The van der Waals surface area contributed by atoms with E-state index in [-0.39, 0.29) is 31.1 Å². The third-order valence-corrected chi connectivity index (χ3v) is 6.23. The lowest BCUT2D eigenvalue weighted by Crippen LogP contribution is -2.42. The van der Waals surface area contributed by atoms with E-state index >= 15 is 0 Å². The van der Waals surface area contributed by atoms with Gasteiger partial charge in [0.1, 0.15) is 11.7 Å². The number of aryl methyl sites for hydroxylation is 1. The van der Waals surface area contributed by atoms with Gasteiger partial charge in [-0.15, -0.1) is 0 Å². The Morgan fingerprint density at radius 1 is 0.842 bits per heavy atom. The number of unbranched alkanes of at least 4 members (excludes halogenated alkanes) is 3. The van der Waals surface area contributed by atoms with Crippen LogP contribution in [0.25, 0.3) is 10.9 Å². The molecular formula is C28H34N4O6. The zero-order chi connectivity index (χ0) is 27.3. The largest absolute Gasteiger partial charge is 0.480 e. The fourth-order valence-electron chi connectivity index (χ4n) is 4.15. The topological polar surface area (TPSA) is 161 Å². The molecule has 6 N–H and O–H groups in total. The number of carboxylic acids is 1. The monoisotopic (exact) mass is 522 g/mol.